The van der Waals surface area contributed by atoms with Crippen LogP contribution in [0.15, 0.2) is 4.99 Å². The molecule has 0 bridgehead atoms. The number of aliphatic imine (C=N–C) groups is 1. The van der Waals surface area contributed by atoms with Gasteiger partial charge in [-0.15, -0.1) is 0 Å². The van der Waals surface area contributed by atoms with Gasteiger partial charge in [-0.25, -0.2) is 4.79 Å². The Bertz CT molecular complexity index is 482. The van der Waals surface area contributed by atoms with Crippen molar-refractivity contribution in [2.75, 3.05) is 20.6 Å². The fourth-order valence-electron chi connectivity index (χ4n) is 2.36. The van der Waals surface area contributed by atoms with Crippen LogP contribution in [0.2, 0.25) is 0 Å². The van der Waals surface area contributed by atoms with Crippen LogP contribution in [0, 0.1) is 0 Å². The lowest BCUT2D eigenvalue weighted by Crippen LogP contribution is -2.57. The number of carbonyl (C=O) groups excluding carboxylic acids is 1. The minimum Gasteiger partial charge on any atom is -0.443 e. The van der Waals surface area contributed by atoms with Crippen molar-refractivity contribution >= 4 is 23.0 Å². The molecule has 0 aromatic rings. The van der Waals surface area contributed by atoms with Crippen LogP contribution >= 0.6 is 11.8 Å². The SMILES string of the molecule is CNC[C@H]1O[C@@H]2SC(N(C)C(=O)OC(C)(C)C)=N[C@@H]2C(O)[C@@H]1O. The highest BCUT2D eigenvalue weighted by Gasteiger charge is 2.49. The van der Waals surface area contributed by atoms with E-state index in [2.05, 4.69) is 10.3 Å². The molecule has 1 fully saturated rings. The van der Waals surface area contributed by atoms with E-state index in [0.717, 1.165) is 0 Å². The van der Waals surface area contributed by atoms with Crippen LogP contribution in [0.25, 0.3) is 0 Å². The molecular formula is C14H25N3O5S. The summed E-state index contributed by atoms with van der Waals surface area (Å²) < 4.78 is 11.1. The molecule has 0 aromatic heterocycles. The predicted molar refractivity (Wildman–Crippen MR) is 87.4 cm³/mol. The van der Waals surface area contributed by atoms with Crippen LogP contribution in [-0.4, -0.2) is 82.4 Å². The number of aliphatic hydroxyl groups is 2. The number of ether oxygens (including phenoxy) is 2. The smallest absolute Gasteiger partial charge is 0.416 e. The summed E-state index contributed by atoms with van der Waals surface area (Å²) in [6.07, 6.45) is -3.11. The molecule has 9 heteroatoms. The molecule has 5 atom stereocenters. The maximum absolute atomic E-state index is 12.1. The second-order valence-electron chi connectivity index (χ2n) is 6.64. The Morgan fingerprint density at radius 2 is 2.09 bits per heavy atom. The summed E-state index contributed by atoms with van der Waals surface area (Å²) in [7, 11) is 3.31. The number of hydrogen-bond donors (Lipinski definition) is 3. The minimum atomic E-state index is -1.04. The number of nitrogens with zero attached hydrogens (tertiary/aromatic N) is 2. The average Bonchev–Trinajstić information content (AvgIpc) is 2.86. The van der Waals surface area contributed by atoms with Gasteiger partial charge in [0.2, 0.25) is 0 Å². The number of fused-ring (bicyclic) bond motifs is 1. The quantitative estimate of drug-likeness (QED) is 0.645. The van der Waals surface area contributed by atoms with Gasteiger partial charge in [-0.3, -0.25) is 9.89 Å². The van der Waals surface area contributed by atoms with Crippen LogP contribution < -0.4 is 5.32 Å². The first kappa shape index (κ1) is 18.5. The molecule has 0 aliphatic carbocycles. The summed E-state index contributed by atoms with van der Waals surface area (Å²) in [5.41, 5.74) is -1.04. The lowest BCUT2D eigenvalue weighted by atomic mass is 9.98. The fourth-order valence-corrected chi connectivity index (χ4v) is 3.54. The van der Waals surface area contributed by atoms with Crippen molar-refractivity contribution in [3.63, 3.8) is 0 Å². The lowest BCUT2D eigenvalue weighted by molar-refractivity contribution is -0.150. The number of rotatable bonds is 2. The van der Waals surface area contributed by atoms with Gasteiger partial charge in [0.1, 0.15) is 35.4 Å². The monoisotopic (exact) mass is 347 g/mol. The van der Waals surface area contributed by atoms with Gasteiger partial charge in [-0.05, 0) is 27.8 Å². The van der Waals surface area contributed by atoms with Crippen molar-refractivity contribution < 1.29 is 24.5 Å². The van der Waals surface area contributed by atoms with Crippen molar-refractivity contribution in [3.8, 4) is 0 Å². The third-order valence-corrected chi connectivity index (χ3v) is 4.72. The second kappa shape index (κ2) is 6.94. The Labute approximate surface area is 140 Å². The van der Waals surface area contributed by atoms with Gasteiger partial charge in [-0.2, -0.15) is 0 Å². The summed E-state index contributed by atoms with van der Waals surface area (Å²) in [4.78, 5) is 17.7. The number of aliphatic hydroxyl groups excluding tert-OH is 2. The van der Waals surface area contributed by atoms with Crippen molar-refractivity contribution in [2.24, 2.45) is 4.99 Å². The molecule has 1 saturated heterocycles. The molecule has 0 saturated carbocycles. The number of amides is 1. The first-order valence-corrected chi connectivity index (χ1v) is 8.39. The van der Waals surface area contributed by atoms with E-state index < -0.39 is 41.5 Å². The zero-order valence-electron chi connectivity index (χ0n) is 14.0. The van der Waals surface area contributed by atoms with Crippen molar-refractivity contribution in [1.29, 1.82) is 0 Å². The van der Waals surface area contributed by atoms with Crippen LogP contribution in [0.5, 0.6) is 0 Å². The molecule has 2 rings (SSSR count). The van der Waals surface area contributed by atoms with Gasteiger partial charge in [0.25, 0.3) is 0 Å². The Kier molecular flexibility index (Phi) is 5.57. The highest BCUT2D eigenvalue weighted by Crippen LogP contribution is 2.37. The number of carbonyl (C=O) groups is 1. The Morgan fingerprint density at radius 3 is 2.65 bits per heavy atom. The van der Waals surface area contributed by atoms with E-state index in [0.29, 0.717) is 11.7 Å². The van der Waals surface area contributed by atoms with E-state index in [1.807, 2.05) is 0 Å². The van der Waals surface area contributed by atoms with Crippen molar-refractivity contribution in [2.45, 2.75) is 56.2 Å². The Morgan fingerprint density at radius 1 is 1.43 bits per heavy atom. The van der Waals surface area contributed by atoms with Gasteiger partial charge in [-0.1, -0.05) is 11.8 Å². The first-order valence-electron chi connectivity index (χ1n) is 7.51. The Hall–Kier alpha value is -0.870. The van der Waals surface area contributed by atoms with Gasteiger partial charge in [0.15, 0.2) is 5.17 Å². The topological polar surface area (TPSA) is 104 Å². The average molecular weight is 347 g/mol. The highest BCUT2D eigenvalue weighted by atomic mass is 32.2. The summed E-state index contributed by atoms with van der Waals surface area (Å²) in [6.45, 7) is 5.77. The third-order valence-electron chi connectivity index (χ3n) is 3.51. The van der Waals surface area contributed by atoms with E-state index in [1.54, 1.807) is 34.9 Å². The molecule has 2 heterocycles. The van der Waals surface area contributed by atoms with Crippen molar-refractivity contribution in [3.05, 3.63) is 0 Å². The largest absolute Gasteiger partial charge is 0.443 e. The third kappa shape index (κ3) is 4.16. The summed E-state index contributed by atoms with van der Waals surface area (Å²) in [5.74, 6) is 0. The molecular weight excluding hydrogens is 322 g/mol. The van der Waals surface area contributed by atoms with Crippen LogP contribution in [0.1, 0.15) is 20.8 Å². The molecule has 1 amide bonds. The molecule has 0 aromatic carbocycles. The highest BCUT2D eigenvalue weighted by molar-refractivity contribution is 8.14. The van der Waals surface area contributed by atoms with Gasteiger partial charge in [0.05, 0.1) is 0 Å². The molecule has 8 nitrogen and oxygen atoms in total. The fraction of sp³-hybridized carbons (Fsp3) is 0.857. The van der Waals surface area contributed by atoms with Gasteiger partial charge in [0, 0.05) is 13.6 Å². The standard InChI is InChI=1S/C14H25N3O5S/c1-14(2,3)22-13(20)17(5)12-16-8-10(19)9(18)7(6-15-4)21-11(8)23-12/h7-11,15,18-19H,6H2,1-5H3/t7-,8-,9-,10?,11-/m1/s1. The number of hydrogen-bond acceptors (Lipinski definition) is 8. The molecule has 2 aliphatic heterocycles. The summed E-state index contributed by atoms with van der Waals surface area (Å²) >= 11 is 1.25. The van der Waals surface area contributed by atoms with Gasteiger partial charge < -0.3 is 25.0 Å². The number of nitrogens with one attached hydrogen (secondary N) is 1. The van der Waals surface area contributed by atoms with E-state index in [-0.39, 0.29) is 0 Å². The molecule has 23 heavy (non-hydrogen) atoms. The maximum atomic E-state index is 12.1. The lowest BCUT2D eigenvalue weighted by Gasteiger charge is -2.38. The Balaban J connectivity index is 2.07. The van der Waals surface area contributed by atoms with E-state index in [1.165, 1.54) is 16.7 Å². The zero-order valence-corrected chi connectivity index (χ0v) is 14.8. The van der Waals surface area contributed by atoms with E-state index in [4.69, 9.17) is 9.47 Å². The molecule has 132 valence electrons. The van der Waals surface area contributed by atoms with Crippen LogP contribution in [0.3, 0.4) is 0 Å². The number of likely N-dealkylation sites (N-methyl/N-ethyl adjacent to an activating group) is 1. The van der Waals surface area contributed by atoms with Crippen LogP contribution in [0.4, 0.5) is 4.79 Å². The first-order chi connectivity index (χ1) is 10.6. The summed E-state index contributed by atoms with van der Waals surface area (Å²) in [5, 5.41) is 23.7. The summed E-state index contributed by atoms with van der Waals surface area (Å²) in [6, 6.07) is -0.608. The normalized spacial score (nSPS) is 33.9. The van der Waals surface area contributed by atoms with Crippen LogP contribution in [-0.2, 0) is 9.47 Å². The molecule has 3 N–H and O–H groups in total. The van der Waals surface area contributed by atoms with E-state index in [9.17, 15) is 15.0 Å². The zero-order chi connectivity index (χ0) is 17.4. The van der Waals surface area contributed by atoms with E-state index >= 15 is 0 Å². The number of amidine groups is 1. The molecule has 1 unspecified atom stereocenters. The predicted octanol–water partition coefficient (Wildman–Crippen LogP) is -0.00920. The number of thioether (sulfide) groups is 1. The van der Waals surface area contributed by atoms with Gasteiger partial charge >= 0.3 is 6.09 Å². The van der Waals surface area contributed by atoms with Crippen molar-refractivity contribution in [1.82, 2.24) is 10.2 Å². The molecule has 0 spiro atoms. The maximum Gasteiger partial charge on any atom is 0.416 e. The minimum absolute atomic E-state index is 0.408. The second-order valence-corrected chi connectivity index (χ2v) is 7.71. The molecule has 2 aliphatic rings. The molecule has 0 radical (unpaired) electrons.